The van der Waals surface area contributed by atoms with Gasteiger partial charge in [0.2, 0.25) is 0 Å². The van der Waals surface area contributed by atoms with Crippen molar-refractivity contribution in [1.29, 1.82) is 0 Å². The van der Waals surface area contributed by atoms with Crippen LogP contribution < -0.4 is 0 Å². The molecule has 2 rings (SSSR count). The van der Waals surface area contributed by atoms with E-state index in [1.54, 1.807) is 0 Å². The fraction of sp³-hybridized carbons (Fsp3) is 0.706. The van der Waals surface area contributed by atoms with Crippen LogP contribution in [0.25, 0.3) is 0 Å². The summed E-state index contributed by atoms with van der Waals surface area (Å²) in [5.74, 6) is -0.821. The van der Waals surface area contributed by atoms with Crippen LogP contribution in [0.4, 0.5) is 0 Å². The van der Waals surface area contributed by atoms with Crippen molar-refractivity contribution in [3.8, 4) is 0 Å². The van der Waals surface area contributed by atoms with Crippen molar-refractivity contribution in [2.24, 2.45) is 10.8 Å². The lowest BCUT2D eigenvalue weighted by atomic mass is 9.63. The maximum Gasteiger partial charge on any atom is 0.337 e. The van der Waals surface area contributed by atoms with E-state index < -0.39 is 5.97 Å². The minimum absolute atomic E-state index is 0.305. The van der Waals surface area contributed by atoms with Crippen molar-refractivity contribution in [1.82, 2.24) is 4.57 Å². The molecule has 1 aromatic rings. The third kappa shape index (κ3) is 2.77. The van der Waals surface area contributed by atoms with Crippen LogP contribution in [0, 0.1) is 24.7 Å². The first kappa shape index (κ1) is 15.1. The van der Waals surface area contributed by atoms with Crippen LogP contribution in [0.5, 0.6) is 0 Å². The van der Waals surface area contributed by atoms with Gasteiger partial charge < -0.3 is 9.67 Å². The molecule has 0 unspecified atom stereocenters. The van der Waals surface area contributed by atoms with Crippen molar-refractivity contribution < 1.29 is 9.90 Å². The Morgan fingerprint density at radius 2 is 1.70 bits per heavy atom. The van der Waals surface area contributed by atoms with E-state index in [1.807, 2.05) is 19.9 Å². The van der Waals surface area contributed by atoms with E-state index in [-0.39, 0.29) is 0 Å². The number of carboxylic acid groups (broad SMARTS) is 1. The molecule has 1 heterocycles. The van der Waals surface area contributed by atoms with E-state index >= 15 is 0 Å². The Hall–Kier alpha value is -1.25. The van der Waals surface area contributed by atoms with E-state index in [2.05, 4.69) is 32.3 Å². The van der Waals surface area contributed by atoms with E-state index in [0.717, 1.165) is 24.2 Å². The summed E-state index contributed by atoms with van der Waals surface area (Å²) in [6.07, 6.45) is 3.46. The first-order valence-corrected chi connectivity index (χ1v) is 7.44. The van der Waals surface area contributed by atoms with Crippen LogP contribution in [-0.2, 0) is 0 Å². The molecule has 1 aliphatic carbocycles. The standard InChI is InChI=1S/C17H27NO2/c1-11-7-14(15(19)20)12(2)18(11)13-8-16(3,4)10-17(5,6)9-13/h7,13H,8-10H2,1-6H3,(H,19,20). The van der Waals surface area contributed by atoms with Gasteiger partial charge in [-0.05, 0) is 50.0 Å². The monoisotopic (exact) mass is 277 g/mol. The second-order valence-corrected chi connectivity index (χ2v) is 8.03. The van der Waals surface area contributed by atoms with Gasteiger partial charge in [0.1, 0.15) is 0 Å². The fourth-order valence-electron chi connectivity index (χ4n) is 4.53. The first-order valence-electron chi connectivity index (χ1n) is 7.44. The summed E-state index contributed by atoms with van der Waals surface area (Å²) in [6.45, 7) is 13.3. The van der Waals surface area contributed by atoms with E-state index in [9.17, 15) is 9.90 Å². The van der Waals surface area contributed by atoms with Gasteiger partial charge in [-0.2, -0.15) is 0 Å². The minimum Gasteiger partial charge on any atom is -0.478 e. The van der Waals surface area contributed by atoms with Gasteiger partial charge in [0.15, 0.2) is 0 Å². The molecule has 0 atom stereocenters. The molecule has 0 bridgehead atoms. The second-order valence-electron chi connectivity index (χ2n) is 8.03. The van der Waals surface area contributed by atoms with Crippen LogP contribution in [0.3, 0.4) is 0 Å². The van der Waals surface area contributed by atoms with Crippen molar-refractivity contribution in [2.75, 3.05) is 0 Å². The van der Waals surface area contributed by atoms with Gasteiger partial charge in [-0.15, -0.1) is 0 Å². The van der Waals surface area contributed by atoms with Gasteiger partial charge in [-0.1, -0.05) is 27.7 Å². The quantitative estimate of drug-likeness (QED) is 0.859. The molecular weight excluding hydrogens is 250 g/mol. The van der Waals surface area contributed by atoms with Gasteiger partial charge in [0, 0.05) is 17.4 Å². The van der Waals surface area contributed by atoms with E-state index in [1.165, 1.54) is 6.42 Å². The summed E-state index contributed by atoms with van der Waals surface area (Å²) in [7, 11) is 0. The Morgan fingerprint density at radius 1 is 1.20 bits per heavy atom. The maximum atomic E-state index is 11.3. The summed E-state index contributed by atoms with van der Waals surface area (Å²) in [5, 5.41) is 9.29. The zero-order valence-electron chi connectivity index (χ0n) is 13.6. The predicted molar refractivity (Wildman–Crippen MR) is 81.3 cm³/mol. The number of nitrogens with zero attached hydrogens (tertiary/aromatic N) is 1. The summed E-state index contributed by atoms with van der Waals surface area (Å²) in [4.78, 5) is 11.3. The highest BCUT2D eigenvalue weighted by Crippen LogP contribution is 2.50. The molecular formula is C17H27NO2. The van der Waals surface area contributed by atoms with Crippen molar-refractivity contribution >= 4 is 5.97 Å². The molecule has 112 valence electrons. The third-order valence-corrected chi connectivity index (χ3v) is 4.61. The molecule has 0 aromatic carbocycles. The number of rotatable bonds is 2. The van der Waals surface area contributed by atoms with Crippen LogP contribution in [0.2, 0.25) is 0 Å². The molecule has 20 heavy (non-hydrogen) atoms. The summed E-state index contributed by atoms with van der Waals surface area (Å²) >= 11 is 0. The molecule has 0 saturated heterocycles. The lowest BCUT2D eigenvalue weighted by molar-refractivity contribution is 0.0687. The Kier molecular flexibility index (Phi) is 3.52. The normalized spacial score (nSPS) is 21.9. The lowest BCUT2D eigenvalue weighted by Gasteiger charge is -2.46. The highest BCUT2D eigenvalue weighted by Gasteiger charge is 2.40. The Bertz CT molecular complexity index is 521. The van der Waals surface area contributed by atoms with Gasteiger partial charge in [0.05, 0.1) is 5.56 Å². The van der Waals surface area contributed by atoms with Gasteiger partial charge >= 0.3 is 5.97 Å². The third-order valence-electron chi connectivity index (χ3n) is 4.61. The lowest BCUT2D eigenvalue weighted by Crippen LogP contribution is -2.35. The molecule has 1 aliphatic rings. The number of hydrogen-bond acceptors (Lipinski definition) is 1. The molecule has 1 aromatic heterocycles. The zero-order valence-corrected chi connectivity index (χ0v) is 13.6. The predicted octanol–water partition coefficient (Wildman–Crippen LogP) is 4.58. The summed E-state index contributed by atoms with van der Waals surface area (Å²) in [6, 6.07) is 2.22. The SMILES string of the molecule is Cc1cc(C(=O)O)c(C)n1C1CC(C)(C)CC(C)(C)C1. The van der Waals surface area contributed by atoms with Crippen LogP contribution in [0.1, 0.15) is 74.7 Å². The molecule has 0 radical (unpaired) electrons. The van der Waals surface area contributed by atoms with Crippen LogP contribution in [-0.4, -0.2) is 15.6 Å². The first-order chi connectivity index (χ1) is 9.02. The van der Waals surface area contributed by atoms with E-state index in [0.29, 0.717) is 22.4 Å². The number of aromatic carboxylic acids is 1. The number of carboxylic acids is 1. The number of aromatic nitrogens is 1. The molecule has 0 spiro atoms. The topological polar surface area (TPSA) is 42.2 Å². The smallest absolute Gasteiger partial charge is 0.337 e. The highest BCUT2D eigenvalue weighted by molar-refractivity contribution is 5.89. The molecule has 1 saturated carbocycles. The molecule has 3 nitrogen and oxygen atoms in total. The average molecular weight is 277 g/mol. The molecule has 0 aliphatic heterocycles. The van der Waals surface area contributed by atoms with Crippen molar-refractivity contribution in [3.63, 3.8) is 0 Å². The largest absolute Gasteiger partial charge is 0.478 e. The Morgan fingerprint density at radius 3 is 2.10 bits per heavy atom. The zero-order chi connectivity index (χ0) is 15.3. The Labute approximate surface area is 122 Å². The van der Waals surface area contributed by atoms with E-state index in [4.69, 9.17) is 0 Å². The molecule has 3 heteroatoms. The van der Waals surface area contributed by atoms with Crippen LogP contribution >= 0.6 is 0 Å². The van der Waals surface area contributed by atoms with Crippen LogP contribution in [0.15, 0.2) is 6.07 Å². The summed E-state index contributed by atoms with van der Waals surface area (Å²) < 4.78 is 2.26. The van der Waals surface area contributed by atoms with Crippen molar-refractivity contribution in [2.45, 2.75) is 66.8 Å². The number of aryl methyl sites for hydroxylation is 1. The fourth-order valence-corrected chi connectivity index (χ4v) is 4.53. The second kappa shape index (κ2) is 4.64. The molecule has 1 N–H and O–H groups in total. The van der Waals surface area contributed by atoms with Gasteiger partial charge in [-0.25, -0.2) is 4.79 Å². The Balaban J connectivity index is 2.43. The van der Waals surface area contributed by atoms with Crippen molar-refractivity contribution in [3.05, 3.63) is 23.0 Å². The number of carbonyl (C=O) groups is 1. The molecule has 0 amide bonds. The number of hydrogen-bond donors (Lipinski definition) is 1. The van der Waals surface area contributed by atoms with Gasteiger partial charge in [0.25, 0.3) is 0 Å². The van der Waals surface area contributed by atoms with Gasteiger partial charge in [-0.3, -0.25) is 0 Å². The highest BCUT2D eigenvalue weighted by atomic mass is 16.4. The average Bonchev–Trinajstić information content (AvgIpc) is 2.49. The maximum absolute atomic E-state index is 11.3. The molecule has 1 fully saturated rings. The summed E-state index contributed by atoms with van der Waals surface area (Å²) in [5.41, 5.74) is 3.02. The minimum atomic E-state index is -0.821.